The zero-order chi connectivity index (χ0) is 17.2. The second-order valence-electron chi connectivity index (χ2n) is 6.10. The van der Waals surface area contributed by atoms with Crippen LogP contribution in [0.5, 0.6) is 0 Å². The van der Waals surface area contributed by atoms with Crippen LogP contribution in [0.15, 0.2) is 59.6 Å². The lowest BCUT2D eigenvalue weighted by Crippen LogP contribution is -2.31. The van der Waals surface area contributed by atoms with Crippen molar-refractivity contribution in [2.24, 2.45) is 5.92 Å². The lowest BCUT2D eigenvalue weighted by molar-refractivity contribution is 0.454. The lowest BCUT2D eigenvalue weighted by atomic mass is 10.0. The number of fused-ring (bicyclic) bond motifs is 1. The molecule has 1 atom stereocenters. The molecule has 7 heteroatoms. The number of hydrogen-bond acceptors (Lipinski definition) is 4. The number of benzene rings is 1. The minimum Gasteiger partial charge on any atom is -0.285 e. The molecule has 3 aromatic rings. The van der Waals surface area contributed by atoms with Crippen molar-refractivity contribution in [3.05, 3.63) is 60.6 Å². The van der Waals surface area contributed by atoms with E-state index in [9.17, 15) is 8.42 Å². The van der Waals surface area contributed by atoms with Crippen LogP contribution in [0.25, 0.3) is 5.65 Å². The molecule has 3 rings (SSSR count). The van der Waals surface area contributed by atoms with Gasteiger partial charge in [-0.15, -0.1) is 10.2 Å². The van der Waals surface area contributed by atoms with Crippen LogP contribution in [0.1, 0.15) is 32.1 Å². The summed E-state index contributed by atoms with van der Waals surface area (Å²) in [6, 6.07) is 13.5. The van der Waals surface area contributed by atoms with Gasteiger partial charge in [0, 0.05) is 6.20 Å². The molecule has 0 aliphatic rings. The summed E-state index contributed by atoms with van der Waals surface area (Å²) in [7, 11) is -3.63. The van der Waals surface area contributed by atoms with E-state index in [0.717, 1.165) is 0 Å². The first-order chi connectivity index (χ1) is 11.5. The Hall–Kier alpha value is -2.25. The van der Waals surface area contributed by atoms with E-state index in [0.29, 0.717) is 23.8 Å². The smallest absolute Gasteiger partial charge is 0.241 e. The molecule has 1 N–H and O–H groups in total. The number of pyridine rings is 1. The van der Waals surface area contributed by atoms with E-state index in [-0.39, 0.29) is 4.90 Å². The van der Waals surface area contributed by atoms with Crippen LogP contribution >= 0.6 is 0 Å². The van der Waals surface area contributed by atoms with Gasteiger partial charge in [-0.05, 0) is 36.6 Å². The summed E-state index contributed by atoms with van der Waals surface area (Å²) in [6.07, 6.45) is 2.47. The third-order valence-corrected chi connectivity index (χ3v) is 5.20. The van der Waals surface area contributed by atoms with Gasteiger partial charge < -0.3 is 0 Å². The summed E-state index contributed by atoms with van der Waals surface area (Å²) >= 11 is 0. The molecule has 1 aromatic carbocycles. The Kier molecular flexibility index (Phi) is 4.64. The Morgan fingerprint density at radius 3 is 2.46 bits per heavy atom. The Bertz CT molecular complexity index is 920. The van der Waals surface area contributed by atoms with Crippen molar-refractivity contribution in [3.63, 3.8) is 0 Å². The van der Waals surface area contributed by atoms with Crippen molar-refractivity contribution in [1.29, 1.82) is 0 Å². The van der Waals surface area contributed by atoms with E-state index in [1.165, 1.54) is 0 Å². The fourth-order valence-corrected chi connectivity index (χ4v) is 3.86. The maximum absolute atomic E-state index is 12.7. The Labute approximate surface area is 141 Å². The van der Waals surface area contributed by atoms with E-state index in [4.69, 9.17) is 0 Å². The highest BCUT2D eigenvalue weighted by Crippen LogP contribution is 2.23. The maximum atomic E-state index is 12.7. The van der Waals surface area contributed by atoms with E-state index in [1.54, 1.807) is 30.3 Å². The Morgan fingerprint density at radius 2 is 1.75 bits per heavy atom. The van der Waals surface area contributed by atoms with E-state index in [1.807, 2.05) is 42.6 Å². The van der Waals surface area contributed by atoms with Gasteiger partial charge in [-0.3, -0.25) is 4.40 Å². The molecule has 24 heavy (non-hydrogen) atoms. The van der Waals surface area contributed by atoms with Crippen molar-refractivity contribution >= 4 is 15.7 Å². The van der Waals surface area contributed by atoms with Gasteiger partial charge in [0.2, 0.25) is 10.0 Å². The van der Waals surface area contributed by atoms with Crippen LogP contribution in [0.3, 0.4) is 0 Å². The number of sulfonamides is 1. The van der Waals surface area contributed by atoms with E-state index < -0.39 is 16.1 Å². The first-order valence-corrected chi connectivity index (χ1v) is 9.33. The zero-order valence-corrected chi connectivity index (χ0v) is 14.4. The molecule has 0 fully saturated rings. The number of hydrogen-bond donors (Lipinski definition) is 1. The van der Waals surface area contributed by atoms with E-state index in [2.05, 4.69) is 14.9 Å². The van der Waals surface area contributed by atoms with Gasteiger partial charge >= 0.3 is 0 Å². The highest BCUT2D eigenvalue weighted by Gasteiger charge is 2.25. The topological polar surface area (TPSA) is 76.4 Å². The van der Waals surface area contributed by atoms with Crippen LogP contribution < -0.4 is 4.72 Å². The molecule has 0 saturated carbocycles. The van der Waals surface area contributed by atoms with Crippen molar-refractivity contribution < 1.29 is 8.42 Å². The predicted molar refractivity (Wildman–Crippen MR) is 91.9 cm³/mol. The van der Waals surface area contributed by atoms with Crippen molar-refractivity contribution in [2.75, 3.05) is 0 Å². The summed E-state index contributed by atoms with van der Waals surface area (Å²) in [5.74, 6) is 0.892. The van der Waals surface area contributed by atoms with Crippen molar-refractivity contribution in [3.8, 4) is 0 Å². The molecule has 0 amide bonds. The first-order valence-electron chi connectivity index (χ1n) is 7.84. The summed E-state index contributed by atoms with van der Waals surface area (Å²) in [4.78, 5) is 0.243. The minimum absolute atomic E-state index is 0.243. The average Bonchev–Trinajstić information content (AvgIpc) is 2.98. The minimum atomic E-state index is -3.63. The lowest BCUT2D eigenvalue weighted by Gasteiger charge is -2.19. The number of nitrogens with zero attached hydrogens (tertiary/aromatic N) is 3. The molecule has 0 aliphatic heterocycles. The maximum Gasteiger partial charge on any atom is 0.241 e. The van der Waals surface area contributed by atoms with Crippen molar-refractivity contribution in [2.45, 2.75) is 31.2 Å². The quantitative estimate of drug-likeness (QED) is 0.746. The van der Waals surface area contributed by atoms with Crippen molar-refractivity contribution in [1.82, 2.24) is 19.3 Å². The van der Waals surface area contributed by atoms with Crippen LogP contribution in [-0.2, 0) is 10.0 Å². The second kappa shape index (κ2) is 6.70. The Morgan fingerprint density at radius 1 is 1.04 bits per heavy atom. The number of aromatic nitrogens is 3. The molecule has 0 saturated heterocycles. The standard InChI is InChI=1S/C17H20N4O2S/c1-13(2)12-15(17-19-18-16-10-6-7-11-21(16)17)20-24(22,23)14-8-4-3-5-9-14/h3-11,13,15,20H,12H2,1-2H3/t15-/m0/s1. The van der Waals surface area contributed by atoms with Gasteiger partial charge in [0.1, 0.15) is 0 Å². The average molecular weight is 344 g/mol. The molecule has 0 radical (unpaired) electrons. The van der Waals surface area contributed by atoms with Crippen LogP contribution in [0.2, 0.25) is 0 Å². The molecule has 0 bridgehead atoms. The molecule has 6 nitrogen and oxygen atoms in total. The number of rotatable bonds is 6. The summed E-state index contributed by atoms with van der Waals surface area (Å²) in [5, 5.41) is 8.34. The normalized spacial score (nSPS) is 13.5. The van der Waals surface area contributed by atoms with Gasteiger partial charge in [-0.25, -0.2) is 13.1 Å². The van der Waals surface area contributed by atoms with Gasteiger partial charge in [-0.1, -0.05) is 38.1 Å². The molecule has 2 aromatic heterocycles. The third-order valence-electron chi connectivity index (χ3n) is 3.71. The molecule has 0 unspecified atom stereocenters. The molecular weight excluding hydrogens is 324 g/mol. The number of nitrogens with one attached hydrogen (secondary N) is 1. The first kappa shape index (κ1) is 16.6. The monoisotopic (exact) mass is 344 g/mol. The van der Waals surface area contributed by atoms with Gasteiger partial charge in [0.05, 0.1) is 10.9 Å². The SMILES string of the molecule is CC(C)C[C@H](NS(=O)(=O)c1ccccc1)c1nnc2ccccn12. The fourth-order valence-electron chi connectivity index (χ4n) is 2.63. The van der Waals surface area contributed by atoms with Crippen LogP contribution in [0, 0.1) is 5.92 Å². The molecule has 2 heterocycles. The zero-order valence-electron chi connectivity index (χ0n) is 13.6. The van der Waals surface area contributed by atoms with Gasteiger partial charge in [-0.2, -0.15) is 0 Å². The largest absolute Gasteiger partial charge is 0.285 e. The van der Waals surface area contributed by atoms with Crippen LogP contribution in [0.4, 0.5) is 0 Å². The summed E-state index contributed by atoms with van der Waals surface area (Å²) in [6.45, 7) is 4.10. The molecular formula is C17H20N4O2S. The highest BCUT2D eigenvalue weighted by atomic mass is 32.2. The molecule has 126 valence electrons. The predicted octanol–water partition coefficient (Wildman–Crippen LogP) is 2.80. The van der Waals surface area contributed by atoms with Gasteiger partial charge in [0.25, 0.3) is 0 Å². The van der Waals surface area contributed by atoms with Gasteiger partial charge in [0.15, 0.2) is 11.5 Å². The third kappa shape index (κ3) is 3.47. The van der Waals surface area contributed by atoms with Crippen LogP contribution in [-0.4, -0.2) is 23.0 Å². The second-order valence-corrected chi connectivity index (χ2v) is 7.82. The Balaban J connectivity index is 1.98. The molecule has 0 spiro atoms. The molecule has 0 aliphatic carbocycles. The fraction of sp³-hybridized carbons (Fsp3) is 0.294. The van der Waals surface area contributed by atoms with E-state index >= 15 is 0 Å². The highest BCUT2D eigenvalue weighted by molar-refractivity contribution is 7.89. The summed E-state index contributed by atoms with van der Waals surface area (Å²) < 4.78 is 30.0. The summed E-state index contributed by atoms with van der Waals surface area (Å²) in [5.41, 5.74) is 0.695.